The molecule has 0 aliphatic heterocycles. The molecule has 0 saturated carbocycles. The maximum atomic E-state index is 0. The van der Waals surface area contributed by atoms with Crippen molar-refractivity contribution in [3.05, 3.63) is 0 Å². The molecule has 0 N–H and O–H groups in total. The molecular weight excluding hydrogens is 642 g/mol. The normalized spacial score (nSPS) is 0. The first-order valence-electron chi connectivity index (χ1n) is 0. The second-order valence-electron chi connectivity index (χ2n) is 0. The Balaban J connectivity index is 0. The van der Waals surface area contributed by atoms with Crippen molar-refractivity contribution in [2.75, 3.05) is 0 Å². The van der Waals surface area contributed by atoms with E-state index in [0.717, 1.165) is 0 Å². The van der Waals surface area contributed by atoms with Crippen molar-refractivity contribution in [3.8, 4) is 0 Å². The van der Waals surface area contributed by atoms with E-state index in [0.29, 0.717) is 0 Å². The summed E-state index contributed by atoms with van der Waals surface area (Å²) in [5, 5.41) is 0. The van der Waals surface area contributed by atoms with Gasteiger partial charge >= 0.3 is 203 Å². The molecule has 0 saturated heterocycles. The quantitative estimate of drug-likeness (QED) is 0.261. The third kappa shape index (κ3) is 83.3. The predicted molar refractivity (Wildman–Crippen MR) is 27.1 cm³/mol. The predicted octanol–water partition coefficient (Wildman–Crippen LogP) is -2.24. The van der Waals surface area contributed by atoms with Crippen molar-refractivity contribution in [3.63, 3.8) is 0 Å². The van der Waals surface area contributed by atoms with Gasteiger partial charge in [-0.3, -0.25) is 0 Å². The van der Waals surface area contributed by atoms with Gasteiger partial charge in [0, 0.05) is 0 Å². The van der Waals surface area contributed by atoms with Crippen molar-refractivity contribution >= 4 is 182 Å². The summed E-state index contributed by atoms with van der Waals surface area (Å²) in [5.74, 6) is 0. The summed E-state index contributed by atoms with van der Waals surface area (Å²) in [6.07, 6.45) is 0. The molecule has 0 atom stereocenters. The minimum Gasteiger partial charge on any atom is -2.00 e. The van der Waals surface area contributed by atoms with Crippen LogP contribution in [0, 0.1) is 0 Å². The average Bonchev–Trinajstić information content (AvgIpc) is 0. The van der Waals surface area contributed by atoms with Gasteiger partial charge in [-0.25, -0.2) is 0 Å². The van der Waals surface area contributed by atoms with E-state index < -0.39 is 0 Å². The van der Waals surface area contributed by atoms with E-state index in [-0.39, 0.29) is 236 Å². The maximum absolute atomic E-state index is 0. The molecule has 0 bridgehead atoms. The topological polar surface area (TPSA) is 171 Å². The first kappa shape index (κ1) is 115. The summed E-state index contributed by atoms with van der Waals surface area (Å²) < 4.78 is 0. The van der Waals surface area contributed by atoms with Gasteiger partial charge in [-0.05, 0) is 0 Å². The first-order valence-corrected chi connectivity index (χ1v) is 0. The Hall–Kier alpha value is 6.37. The zero-order valence-electron chi connectivity index (χ0n) is 5.59. The molecule has 0 aliphatic carbocycles. The molecule has 0 aromatic rings. The molecule has 54 valence electrons. The van der Waals surface area contributed by atoms with Crippen LogP contribution in [0.1, 0.15) is 0 Å². The Bertz CT molecular complexity index is 14.5. The second-order valence-corrected chi connectivity index (χ2v) is 0. The molecular formula is O6PtSr4. The Morgan fingerprint density at radius 3 is 0.273 bits per heavy atom. The van der Waals surface area contributed by atoms with Crippen LogP contribution >= 0.6 is 0 Å². The Labute approximate surface area is 228 Å². The van der Waals surface area contributed by atoms with Crippen LogP contribution < -0.4 is 0 Å². The van der Waals surface area contributed by atoms with Gasteiger partial charge in [0.15, 0.2) is 0 Å². The SMILES string of the molecule is [O-2].[O-2].[O-2].[O-2].[O-2].[O-2].[Pt+4].[Sr+2].[Sr+2].[Sr+2].[Sr+2]. The third-order valence-corrected chi connectivity index (χ3v) is 0. The summed E-state index contributed by atoms with van der Waals surface area (Å²) in [4.78, 5) is 0. The molecule has 0 fully saturated rings. The number of rotatable bonds is 0. The molecule has 0 spiro atoms. The fourth-order valence-corrected chi connectivity index (χ4v) is 0. The summed E-state index contributed by atoms with van der Waals surface area (Å²) in [5.41, 5.74) is 0. The van der Waals surface area contributed by atoms with Gasteiger partial charge in [0.25, 0.3) is 0 Å². The minimum atomic E-state index is 0. The van der Waals surface area contributed by atoms with Gasteiger partial charge in [0.05, 0.1) is 0 Å². The van der Waals surface area contributed by atoms with Crippen LogP contribution in [0.4, 0.5) is 0 Å². The fraction of sp³-hybridized carbons (Fsp3) is 0. The largest absolute Gasteiger partial charge is 4.00 e. The van der Waals surface area contributed by atoms with Crippen LogP contribution in [0.15, 0.2) is 0 Å². The van der Waals surface area contributed by atoms with Crippen molar-refractivity contribution in [2.24, 2.45) is 0 Å². The Kier molecular flexibility index (Phi) is 994. The third-order valence-electron chi connectivity index (χ3n) is 0. The van der Waals surface area contributed by atoms with Crippen molar-refractivity contribution in [1.82, 2.24) is 0 Å². The zero-order chi connectivity index (χ0) is 0. The van der Waals surface area contributed by atoms with Gasteiger partial charge < -0.3 is 32.9 Å². The molecule has 0 aliphatic rings. The second kappa shape index (κ2) is 95.3. The van der Waals surface area contributed by atoms with E-state index in [1.165, 1.54) is 0 Å². The molecule has 6 nitrogen and oxygen atoms in total. The van der Waals surface area contributed by atoms with Crippen molar-refractivity contribution < 1.29 is 53.9 Å². The number of hydrogen-bond acceptors (Lipinski definition) is 0. The summed E-state index contributed by atoms with van der Waals surface area (Å²) >= 11 is 0. The van der Waals surface area contributed by atoms with E-state index in [9.17, 15) is 0 Å². The van der Waals surface area contributed by atoms with Gasteiger partial charge in [-0.2, -0.15) is 0 Å². The van der Waals surface area contributed by atoms with Gasteiger partial charge in [-0.1, -0.05) is 0 Å². The zero-order valence-corrected chi connectivity index (χ0v) is 21.8. The van der Waals surface area contributed by atoms with Crippen LogP contribution in [-0.2, 0) is 53.9 Å². The van der Waals surface area contributed by atoms with Crippen LogP contribution in [0.25, 0.3) is 0 Å². The van der Waals surface area contributed by atoms with Crippen LogP contribution in [0.5, 0.6) is 0 Å². The monoisotopic (exact) mass is 643 g/mol. The van der Waals surface area contributed by atoms with Crippen LogP contribution in [0.2, 0.25) is 0 Å². The number of hydrogen-bond donors (Lipinski definition) is 0. The smallest absolute Gasteiger partial charge is 2.00 e. The molecule has 0 amide bonds. The fourth-order valence-electron chi connectivity index (χ4n) is 0. The molecule has 0 aromatic carbocycles. The van der Waals surface area contributed by atoms with E-state index in [2.05, 4.69) is 0 Å². The van der Waals surface area contributed by atoms with Gasteiger partial charge in [0.2, 0.25) is 0 Å². The Morgan fingerprint density at radius 2 is 0.273 bits per heavy atom. The van der Waals surface area contributed by atoms with E-state index in [1.54, 1.807) is 0 Å². The van der Waals surface area contributed by atoms with Crippen molar-refractivity contribution in [2.45, 2.75) is 0 Å². The average molecular weight is 642 g/mol. The first-order chi connectivity index (χ1) is 0. The molecule has 0 aromatic heterocycles. The molecule has 0 rings (SSSR count). The van der Waals surface area contributed by atoms with E-state index in [1.807, 2.05) is 0 Å². The standard InChI is InChI=1S/6O.Pt.4Sr/q6*-2;+4;4*+2. The van der Waals surface area contributed by atoms with E-state index >= 15 is 0 Å². The summed E-state index contributed by atoms with van der Waals surface area (Å²) in [6, 6.07) is 0. The van der Waals surface area contributed by atoms with Gasteiger partial charge in [-0.15, -0.1) is 0 Å². The summed E-state index contributed by atoms with van der Waals surface area (Å²) in [6.45, 7) is 0. The van der Waals surface area contributed by atoms with E-state index in [4.69, 9.17) is 0 Å². The molecule has 0 heterocycles. The molecule has 11 heavy (non-hydrogen) atoms. The van der Waals surface area contributed by atoms with Crippen molar-refractivity contribution in [1.29, 1.82) is 0 Å². The van der Waals surface area contributed by atoms with Gasteiger partial charge in [0.1, 0.15) is 0 Å². The summed E-state index contributed by atoms with van der Waals surface area (Å²) in [7, 11) is 0. The Morgan fingerprint density at radius 1 is 0.273 bits per heavy atom. The molecule has 0 unspecified atom stereocenters. The maximum Gasteiger partial charge on any atom is 4.00 e. The molecule has 0 radical (unpaired) electrons. The molecule has 11 heteroatoms. The van der Waals surface area contributed by atoms with Crippen LogP contribution in [0.3, 0.4) is 0 Å². The van der Waals surface area contributed by atoms with Crippen LogP contribution in [-0.4, -0.2) is 182 Å². The minimum absolute atomic E-state index is 0.